The molecule has 0 atom stereocenters. The highest BCUT2D eigenvalue weighted by Gasteiger charge is 2.05. The molecule has 2 rings (SSSR count). The number of aromatic nitrogens is 4. The van der Waals surface area contributed by atoms with Crippen molar-refractivity contribution >= 4 is 35.0 Å². The second-order valence-electron chi connectivity index (χ2n) is 4.62. The Kier molecular flexibility index (Phi) is 6.17. The van der Waals surface area contributed by atoms with Gasteiger partial charge in [0.15, 0.2) is 0 Å². The summed E-state index contributed by atoms with van der Waals surface area (Å²) in [5.74, 6) is 0.689. The molecule has 118 valence electrons. The molecule has 9 heteroatoms. The summed E-state index contributed by atoms with van der Waals surface area (Å²) in [5.41, 5.74) is 1.68. The molecule has 0 bridgehead atoms. The van der Waals surface area contributed by atoms with Crippen molar-refractivity contribution in [3.63, 3.8) is 0 Å². The number of nitrogens with one attached hydrogen (secondary N) is 2. The zero-order chi connectivity index (χ0) is 15.9. The predicted molar refractivity (Wildman–Crippen MR) is 87.2 cm³/mol. The van der Waals surface area contributed by atoms with Gasteiger partial charge in [0, 0.05) is 30.1 Å². The summed E-state index contributed by atoms with van der Waals surface area (Å²) in [5, 5.41) is 18.5. The number of aryl methyl sites for hydroxylation is 2. The molecule has 0 saturated heterocycles. The van der Waals surface area contributed by atoms with E-state index >= 15 is 0 Å². The molecule has 0 unspecified atom stereocenters. The van der Waals surface area contributed by atoms with E-state index in [0.717, 1.165) is 22.2 Å². The highest BCUT2D eigenvalue weighted by molar-refractivity contribution is 7.99. The molecule has 1 aromatic carbocycles. The van der Waals surface area contributed by atoms with Crippen LogP contribution in [0.3, 0.4) is 0 Å². The normalized spacial score (nSPS) is 10.7. The van der Waals surface area contributed by atoms with Gasteiger partial charge in [0.1, 0.15) is 0 Å². The zero-order valence-electron chi connectivity index (χ0n) is 12.3. The average Bonchev–Trinajstić information content (AvgIpc) is 2.88. The predicted octanol–water partition coefficient (Wildman–Crippen LogP) is 1.49. The quantitative estimate of drug-likeness (QED) is 0.587. The second kappa shape index (κ2) is 8.11. The van der Waals surface area contributed by atoms with Crippen molar-refractivity contribution in [3.05, 3.63) is 28.8 Å². The molecule has 2 aromatic rings. The molecule has 0 saturated carbocycles. The van der Waals surface area contributed by atoms with Crippen LogP contribution in [-0.2, 0) is 11.8 Å². The number of tetrazole rings is 1. The van der Waals surface area contributed by atoms with Gasteiger partial charge in [-0.25, -0.2) is 4.68 Å². The van der Waals surface area contributed by atoms with Crippen molar-refractivity contribution in [1.82, 2.24) is 25.5 Å². The van der Waals surface area contributed by atoms with Crippen LogP contribution in [0.15, 0.2) is 23.4 Å². The van der Waals surface area contributed by atoms with Gasteiger partial charge < -0.3 is 10.6 Å². The van der Waals surface area contributed by atoms with Crippen molar-refractivity contribution in [2.45, 2.75) is 12.1 Å². The van der Waals surface area contributed by atoms with E-state index in [9.17, 15) is 4.79 Å². The lowest BCUT2D eigenvalue weighted by molar-refractivity contribution is -0.115. The number of anilines is 1. The van der Waals surface area contributed by atoms with E-state index in [1.807, 2.05) is 13.0 Å². The molecule has 0 aliphatic carbocycles. The Balaban J connectivity index is 1.65. The molecule has 0 aliphatic rings. The topological polar surface area (TPSA) is 84.7 Å². The van der Waals surface area contributed by atoms with Crippen LogP contribution >= 0.6 is 23.4 Å². The number of hydrogen-bond acceptors (Lipinski definition) is 6. The summed E-state index contributed by atoms with van der Waals surface area (Å²) < 4.78 is 1.61. The third kappa shape index (κ3) is 4.97. The Bertz CT molecular complexity index is 647. The summed E-state index contributed by atoms with van der Waals surface area (Å²) >= 11 is 7.48. The third-order valence-corrected chi connectivity index (χ3v) is 4.25. The molecular formula is C13H17ClN6OS. The molecule has 1 heterocycles. The van der Waals surface area contributed by atoms with Gasteiger partial charge in [0.2, 0.25) is 11.1 Å². The van der Waals surface area contributed by atoms with Crippen LogP contribution in [-0.4, -0.2) is 45.0 Å². The Morgan fingerprint density at radius 2 is 2.27 bits per heavy atom. The number of carbonyl (C=O) groups is 1. The van der Waals surface area contributed by atoms with Crippen LogP contribution in [0.5, 0.6) is 0 Å². The fourth-order valence-corrected chi connectivity index (χ4v) is 2.55. The van der Waals surface area contributed by atoms with Crippen molar-refractivity contribution < 1.29 is 4.79 Å². The van der Waals surface area contributed by atoms with Gasteiger partial charge >= 0.3 is 0 Å². The molecule has 1 aromatic heterocycles. The first-order valence-electron chi connectivity index (χ1n) is 6.68. The monoisotopic (exact) mass is 340 g/mol. The summed E-state index contributed by atoms with van der Waals surface area (Å²) in [6, 6.07) is 5.40. The molecule has 7 nitrogen and oxygen atoms in total. The number of thioether (sulfide) groups is 1. The van der Waals surface area contributed by atoms with Gasteiger partial charge in [-0.3, -0.25) is 4.79 Å². The van der Waals surface area contributed by atoms with E-state index in [-0.39, 0.29) is 12.5 Å². The minimum absolute atomic E-state index is 0.0907. The number of halogens is 1. The molecule has 1 amide bonds. The molecule has 0 fully saturated rings. The first kappa shape index (κ1) is 16.7. The van der Waals surface area contributed by atoms with Crippen LogP contribution in [0.25, 0.3) is 0 Å². The maximum absolute atomic E-state index is 11.8. The highest BCUT2D eigenvalue weighted by Crippen LogP contribution is 2.19. The first-order valence-corrected chi connectivity index (χ1v) is 8.04. The SMILES string of the molecule is Cc1cc(NC(=O)CNCCSc2nnnn2C)ccc1Cl. The average molecular weight is 341 g/mol. The van der Waals surface area contributed by atoms with Crippen molar-refractivity contribution in [2.24, 2.45) is 7.05 Å². The van der Waals surface area contributed by atoms with Gasteiger partial charge in [-0.1, -0.05) is 23.4 Å². The molecule has 2 N–H and O–H groups in total. The Morgan fingerprint density at radius 3 is 2.95 bits per heavy atom. The highest BCUT2D eigenvalue weighted by atomic mass is 35.5. The Morgan fingerprint density at radius 1 is 1.45 bits per heavy atom. The summed E-state index contributed by atoms with van der Waals surface area (Å²) in [6.07, 6.45) is 0. The molecule has 0 aliphatic heterocycles. The van der Waals surface area contributed by atoms with E-state index in [1.54, 1.807) is 23.9 Å². The number of amides is 1. The standard InChI is InChI=1S/C13H17ClN6OS/c1-9-7-10(3-4-11(9)14)16-12(21)8-15-5-6-22-13-17-18-19-20(13)2/h3-4,7,15H,5-6,8H2,1-2H3,(H,16,21). The largest absolute Gasteiger partial charge is 0.325 e. The fourth-order valence-electron chi connectivity index (χ4n) is 1.69. The van der Waals surface area contributed by atoms with E-state index in [0.29, 0.717) is 11.6 Å². The van der Waals surface area contributed by atoms with Crippen LogP contribution in [0, 0.1) is 6.92 Å². The van der Waals surface area contributed by atoms with Gasteiger partial charge in [-0.15, -0.1) is 5.10 Å². The maximum atomic E-state index is 11.8. The molecular weight excluding hydrogens is 324 g/mol. The van der Waals surface area contributed by atoms with Crippen LogP contribution in [0.1, 0.15) is 5.56 Å². The maximum Gasteiger partial charge on any atom is 0.238 e. The van der Waals surface area contributed by atoms with Crippen LogP contribution < -0.4 is 10.6 Å². The molecule has 0 radical (unpaired) electrons. The lowest BCUT2D eigenvalue weighted by Gasteiger charge is -2.08. The number of rotatable bonds is 7. The Hall–Kier alpha value is -1.64. The number of nitrogens with zero attached hydrogens (tertiary/aromatic N) is 4. The zero-order valence-corrected chi connectivity index (χ0v) is 13.9. The fraction of sp³-hybridized carbons (Fsp3) is 0.385. The van der Waals surface area contributed by atoms with Gasteiger partial charge in [-0.05, 0) is 41.1 Å². The minimum Gasteiger partial charge on any atom is -0.325 e. The van der Waals surface area contributed by atoms with Gasteiger partial charge in [0.05, 0.1) is 6.54 Å². The lowest BCUT2D eigenvalue weighted by Crippen LogP contribution is -2.29. The Labute approximate surface area is 137 Å². The van der Waals surface area contributed by atoms with Crippen molar-refractivity contribution in [2.75, 3.05) is 24.2 Å². The molecule has 0 spiro atoms. The summed E-state index contributed by atoms with van der Waals surface area (Å²) in [7, 11) is 1.79. The van der Waals surface area contributed by atoms with Gasteiger partial charge in [-0.2, -0.15) is 0 Å². The lowest BCUT2D eigenvalue weighted by atomic mass is 10.2. The second-order valence-corrected chi connectivity index (χ2v) is 6.09. The summed E-state index contributed by atoms with van der Waals surface area (Å²) in [4.78, 5) is 11.8. The van der Waals surface area contributed by atoms with E-state index in [4.69, 9.17) is 11.6 Å². The van der Waals surface area contributed by atoms with E-state index in [2.05, 4.69) is 26.2 Å². The van der Waals surface area contributed by atoms with Crippen LogP contribution in [0.4, 0.5) is 5.69 Å². The van der Waals surface area contributed by atoms with Crippen LogP contribution in [0.2, 0.25) is 5.02 Å². The van der Waals surface area contributed by atoms with Crippen molar-refractivity contribution in [3.8, 4) is 0 Å². The number of hydrogen-bond donors (Lipinski definition) is 2. The van der Waals surface area contributed by atoms with E-state index < -0.39 is 0 Å². The number of carbonyl (C=O) groups excluding carboxylic acids is 1. The minimum atomic E-state index is -0.0907. The number of benzene rings is 1. The third-order valence-electron chi connectivity index (χ3n) is 2.82. The summed E-state index contributed by atoms with van der Waals surface area (Å²) in [6.45, 7) is 2.83. The van der Waals surface area contributed by atoms with Crippen molar-refractivity contribution in [1.29, 1.82) is 0 Å². The first-order chi connectivity index (χ1) is 10.6. The van der Waals surface area contributed by atoms with E-state index in [1.165, 1.54) is 11.8 Å². The smallest absolute Gasteiger partial charge is 0.238 e. The van der Waals surface area contributed by atoms with Gasteiger partial charge in [0.25, 0.3) is 0 Å². The molecule has 22 heavy (non-hydrogen) atoms.